The molecule has 2 aromatic heterocycles. The number of fused-ring (bicyclic) bond motifs is 1. The van der Waals surface area contributed by atoms with Crippen LogP contribution in [0.15, 0.2) is 66.9 Å². The van der Waals surface area contributed by atoms with Gasteiger partial charge in [-0.25, -0.2) is 9.97 Å². The number of benzene rings is 2. The van der Waals surface area contributed by atoms with Crippen molar-refractivity contribution in [2.24, 2.45) is 0 Å². The number of hydrogen-bond donors (Lipinski definition) is 1. The molecule has 1 fully saturated rings. The van der Waals surface area contributed by atoms with E-state index in [-0.39, 0.29) is 5.91 Å². The number of methoxy groups -OCH3 is 1. The lowest BCUT2D eigenvalue weighted by molar-refractivity contribution is 0.101. The zero-order chi connectivity index (χ0) is 24.2. The Morgan fingerprint density at radius 3 is 2.57 bits per heavy atom. The number of imidazole rings is 1. The van der Waals surface area contributed by atoms with Gasteiger partial charge in [0, 0.05) is 45.5 Å². The number of hydrogen-bond acceptors (Lipinski definition) is 6. The highest BCUT2D eigenvalue weighted by atomic mass is 16.5. The molecule has 3 heterocycles. The highest BCUT2D eigenvalue weighted by Crippen LogP contribution is 2.28. The van der Waals surface area contributed by atoms with Gasteiger partial charge in [-0.1, -0.05) is 24.3 Å². The standard InChI is InChI=1S/C27H30N6O2/c1-20-11-12-28-25(19-20)30-27(34)26-29-21-7-3-4-8-22(21)33(26)18-15-31-13-16-32(17-14-31)23-9-5-6-10-24(23)35-2/h3-12,19H,13-18H2,1-2H3,(H,28,30,34). The first-order valence-electron chi connectivity index (χ1n) is 11.9. The van der Waals surface area contributed by atoms with E-state index in [1.165, 1.54) is 0 Å². The van der Waals surface area contributed by atoms with Crippen molar-refractivity contribution in [1.82, 2.24) is 19.4 Å². The van der Waals surface area contributed by atoms with Crippen LogP contribution in [0.4, 0.5) is 11.5 Å². The van der Waals surface area contributed by atoms with E-state index in [1.54, 1.807) is 13.3 Å². The largest absolute Gasteiger partial charge is 0.495 e. The Bertz CT molecular complexity index is 1330. The molecule has 0 bridgehead atoms. The molecule has 0 spiro atoms. The van der Waals surface area contributed by atoms with Crippen molar-refractivity contribution >= 4 is 28.4 Å². The van der Waals surface area contributed by atoms with Gasteiger partial charge in [0.1, 0.15) is 11.6 Å². The number of rotatable bonds is 7. The molecular weight excluding hydrogens is 440 g/mol. The molecule has 1 aliphatic rings. The first kappa shape index (κ1) is 22.9. The van der Waals surface area contributed by atoms with Gasteiger partial charge in [0.2, 0.25) is 0 Å². The third-order valence-electron chi connectivity index (χ3n) is 6.45. The summed E-state index contributed by atoms with van der Waals surface area (Å²) in [5.74, 6) is 1.59. The zero-order valence-corrected chi connectivity index (χ0v) is 20.1. The van der Waals surface area contributed by atoms with Gasteiger partial charge >= 0.3 is 0 Å². The Morgan fingerprint density at radius 1 is 1.00 bits per heavy atom. The maximum Gasteiger partial charge on any atom is 0.292 e. The molecule has 35 heavy (non-hydrogen) atoms. The molecule has 4 aromatic rings. The summed E-state index contributed by atoms with van der Waals surface area (Å²) in [6.45, 7) is 7.23. The Kier molecular flexibility index (Phi) is 6.63. The van der Waals surface area contributed by atoms with E-state index in [4.69, 9.17) is 4.74 Å². The molecule has 5 rings (SSSR count). The van der Waals surface area contributed by atoms with E-state index in [9.17, 15) is 4.79 Å². The first-order chi connectivity index (χ1) is 17.1. The molecule has 1 N–H and O–H groups in total. The average Bonchev–Trinajstić information content (AvgIpc) is 3.26. The Labute approximate surface area is 205 Å². The Hall–Kier alpha value is -3.91. The number of nitrogens with one attached hydrogen (secondary N) is 1. The summed E-state index contributed by atoms with van der Waals surface area (Å²) in [5, 5.41) is 2.91. The number of carbonyl (C=O) groups excluding carboxylic acids is 1. The number of aryl methyl sites for hydroxylation is 1. The fraction of sp³-hybridized carbons (Fsp3) is 0.296. The van der Waals surface area contributed by atoms with Crippen molar-refractivity contribution in [3.05, 3.63) is 78.2 Å². The highest BCUT2D eigenvalue weighted by Gasteiger charge is 2.22. The van der Waals surface area contributed by atoms with Gasteiger partial charge in [0.05, 0.1) is 23.8 Å². The summed E-state index contributed by atoms with van der Waals surface area (Å²) in [5.41, 5.74) is 3.95. The van der Waals surface area contributed by atoms with Gasteiger partial charge in [0.15, 0.2) is 5.82 Å². The number of anilines is 2. The normalized spacial score (nSPS) is 14.3. The van der Waals surface area contributed by atoms with Crippen LogP contribution in [0.5, 0.6) is 5.75 Å². The molecule has 2 aromatic carbocycles. The van der Waals surface area contributed by atoms with Crippen molar-refractivity contribution in [2.75, 3.05) is 50.1 Å². The number of carbonyl (C=O) groups is 1. The number of nitrogens with zero attached hydrogens (tertiary/aromatic N) is 5. The summed E-state index contributed by atoms with van der Waals surface area (Å²) in [6, 6.07) is 19.8. The first-order valence-corrected chi connectivity index (χ1v) is 11.9. The van der Waals surface area contributed by atoms with E-state index in [1.807, 2.05) is 66.1 Å². The molecule has 8 nitrogen and oxygen atoms in total. The van der Waals surface area contributed by atoms with Crippen LogP contribution in [0.25, 0.3) is 11.0 Å². The zero-order valence-electron chi connectivity index (χ0n) is 20.1. The van der Waals surface area contributed by atoms with Crippen molar-refractivity contribution in [3.8, 4) is 5.75 Å². The predicted molar refractivity (Wildman–Crippen MR) is 138 cm³/mol. The van der Waals surface area contributed by atoms with E-state index < -0.39 is 0 Å². The highest BCUT2D eigenvalue weighted by molar-refractivity contribution is 6.03. The molecule has 1 saturated heterocycles. The topological polar surface area (TPSA) is 75.5 Å². The fourth-order valence-corrected chi connectivity index (χ4v) is 4.60. The van der Waals surface area contributed by atoms with E-state index in [2.05, 4.69) is 31.2 Å². The second-order valence-corrected chi connectivity index (χ2v) is 8.75. The van der Waals surface area contributed by atoms with Crippen LogP contribution in [0.3, 0.4) is 0 Å². The molecule has 0 aliphatic carbocycles. The predicted octanol–water partition coefficient (Wildman–Crippen LogP) is 3.82. The SMILES string of the molecule is COc1ccccc1N1CCN(CCn2c(C(=O)Nc3cc(C)ccn3)nc3ccccc32)CC1. The third-order valence-corrected chi connectivity index (χ3v) is 6.45. The summed E-state index contributed by atoms with van der Waals surface area (Å²) in [7, 11) is 1.72. The van der Waals surface area contributed by atoms with Crippen LogP contribution in [-0.2, 0) is 6.54 Å². The number of amides is 1. The van der Waals surface area contributed by atoms with Crippen molar-refractivity contribution < 1.29 is 9.53 Å². The van der Waals surface area contributed by atoms with E-state index >= 15 is 0 Å². The number of aromatic nitrogens is 3. The maximum atomic E-state index is 13.2. The molecule has 0 saturated carbocycles. The average molecular weight is 471 g/mol. The van der Waals surface area contributed by atoms with Gasteiger partial charge in [-0.15, -0.1) is 0 Å². The molecule has 0 atom stereocenters. The van der Waals surface area contributed by atoms with Gasteiger partial charge in [-0.05, 0) is 48.9 Å². The molecule has 0 unspecified atom stereocenters. The van der Waals surface area contributed by atoms with Gasteiger partial charge in [0.25, 0.3) is 5.91 Å². The minimum Gasteiger partial charge on any atom is -0.495 e. The monoisotopic (exact) mass is 470 g/mol. The van der Waals surface area contributed by atoms with Gasteiger partial charge in [-0.2, -0.15) is 0 Å². The van der Waals surface area contributed by atoms with Crippen LogP contribution in [0.2, 0.25) is 0 Å². The molecule has 0 radical (unpaired) electrons. The lowest BCUT2D eigenvalue weighted by atomic mass is 10.2. The number of pyridine rings is 1. The minimum absolute atomic E-state index is 0.250. The fourth-order valence-electron chi connectivity index (χ4n) is 4.60. The lowest BCUT2D eigenvalue weighted by Crippen LogP contribution is -2.47. The van der Waals surface area contributed by atoms with Gasteiger partial charge in [-0.3, -0.25) is 9.69 Å². The molecular formula is C27H30N6O2. The number of piperazine rings is 1. The summed E-state index contributed by atoms with van der Waals surface area (Å²) >= 11 is 0. The number of para-hydroxylation sites is 4. The lowest BCUT2D eigenvalue weighted by Gasteiger charge is -2.36. The van der Waals surface area contributed by atoms with Crippen LogP contribution in [0.1, 0.15) is 16.2 Å². The molecule has 180 valence electrons. The Morgan fingerprint density at radius 2 is 1.77 bits per heavy atom. The van der Waals surface area contributed by atoms with Crippen molar-refractivity contribution in [2.45, 2.75) is 13.5 Å². The van der Waals surface area contributed by atoms with Crippen LogP contribution < -0.4 is 15.0 Å². The van der Waals surface area contributed by atoms with E-state index in [0.717, 1.165) is 60.8 Å². The summed E-state index contributed by atoms with van der Waals surface area (Å²) in [6.07, 6.45) is 1.69. The quantitative estimate of drug-likeness (QED) is 0.443. The van der Waals surface area contributed by atoms with Crippen LogP contribution in [0, 0.1) is 6.92 Å². The third kappa shape index (κ3) is 4.97. The summed E-state index contributed by atoms with van der Waals surface area (Å²) in [4.78, 5) is 26.9. The second-order valence-electron chi connectivity index (χ2n) is 8.75. The second kappa shape index (κ2) is 10.1. The van der Waals surface area contributed by atoms with Crippen molar-refractivity contribution in [1.29, 1.82) is 0 Å². The van der Waals surface area contributed by atoms with E-state index in [0.29, 0.717) is 18.2 Å². The molecule has 8 heteroatoms. The summed E-state index contributed by atoms with van der Waals surface area (Å²) < 4.78 is 7.56. The molecule has 1 amide bonds. The van der Waals surface area contributed by atoms with Gasteiger partial charge < -0.3 is 19.5 Å². The Balaban J connectivity index is 1.28. The smallest absolute Gasteiger partial charge is 0.292 e. The maximum absolute atomic E-state index is 13.2. The molecule has 1 aliphatic heterocycles. The number of ether oxygens (including phenoxy) is 1. The van der Waals surface area contributed by atoms with Crippen LogP contribution in [-0.4, -0.2) is 65.2 Å². The van der Waals surface area contributed by atoms with Crippen LogP contribution >= 0.6 is 0 Å². The van der Waals surface area contributed by atoms with Crippen molar-refractivity contribution in [3.63, 3.8) is 0 Å². The minimum atomic E-state index is -0.250.